The molecule has 2 heterocycles. The third kappa shape index (κ3) is 4.66. The van der Waals surface area contributed by atoms with Crippen molar-refractivity contribution in [3.05, 3.63) is 62.7 Å². The molecule has 3 aromatic rings. The highest BCUT2D eigenvalue weighted by Crippen LogP contribution is 2.13. The Hall–Kier alpha value is -3.53. The molecule has 3 N–H and O–H groups in total. The highest BCUT2D eigenvalue weighted by Gasteiger charge is 2.17. The van der Waals surface area contributed by atoms with E-state index in [1.807, 2.05) is 6.92 Å². The predicted octanol–water partition coefficient (Wildman–Crippen LogP) is 1.06. The Morgan fingerprint density at radius 1 is 1.03 bits per heavy atom. The maximum absolute atomic E-state index is 12.6. The van der Waals surface area contributed by atoms with Crippen LogP contribution in [0.4, 0.5) is 0 Å². The van der Waals surface area contributed by atoms with Gasteiger partial charge in [0.15, 0.2) is 5.69 Å². The fourth-order valence-corrected chi connectivity index (χ4v) is 3.29. The van der Waals surface area contributed by atoms with Crippen LogP contribution >= 0.6 is 11.3 Å². The van der Waals surface area contributed by atoms with Gasteiger partial charge in [-0.25, -0.2) is 4.68 Å². The molecular formula is C19H19N5O4S. The van der Waals surface area contributed by atoms with Gasteiger partial charge < -0.3 is 5.32 Å². The molecule has 9 nitrogen and oxygen atoms in total. The fraction of sp³-hybridized carbons (Fsp3) is 0.211. The average molecular weight is 413 g/mol. The Balaban J connectivity index is 1.68. The van der Waals surface area contributed by atoms with E-state index in [0.29, 0.717) is 28.6 Å². The van der Waals surface area contributed by atoms with Crippen LogP contribution in [0.5, 0.6) is 0 Å². The van der Waals surface area contributed by atoms with Gasteiger partial charge >= 0.3 is 0 Å². The Morgan fingerprint density at radius 3 is 2.48 bits per heavy atom. The highest BCUT2D eigenvalue weighted by molar-refractivity contribution is 7.12. The molecule has 0 saturated heterocycles. The van der Waals surface area contributed by atoms with Crippen LogP contribution in [-0.2, 0) is 11.3 Å². The van der Waals surface area contributed by atoms with E-state index in [4.69, 9.17) is 0 Å². The third-order valence-electron chi connectivity index (χ3n) is 3.99. The van der Waals surface area contributed by atoms with Crippen molar-refractivity contribution < 1.29 is 14.4 Å². The van der Waals surface area contributed by atoms with Gasteiger partial charge in [-0.3, -0.25) is 30.0 Å². The fourth-order valence-electron chi connectivity index (χ4n) is 2.65. The van der Waals surface area contributed by atoms with Crippen LogP contribution in [0.1, 0.15) is 33.5 Å². The number of hydrazine groups is 1. The van der Waals surface area contributed by atoms with Gasteiger partial charge in [-0.2, -0.15) is 5.10 Å². The van der Waals surface area contributed by atoms with Crippen molar-refractivity contribution >= 4 is 39.8 Å². The maximum Gasteiger partial charge on any atom is 0.290 e. The zero-order chi connectivity index (χ0) is 20.8. The summed E-state index contributed by atoms with van der Waals surface area (Å²) in [5.74, 6) is -1.64. The first-order chi connectivity index (χ1) is 14.0. The molecule has 0 aliphatic carbocycles. The van der Waals surface area contributed by atoms with Gasteiger partial charge in [0.25, 0.3) is 23.3 Å². The van der Waals surface area contributed by atoms with Crippen LogP contribution in [0.15, 0.2) is 46.6 Å². The molecule has 3 rings (SSSR count). The Morgan fingerprint density at radius 2 is 1.79 bits per heavy atom. The number of rotatable bonds is 6. The number of thiophene rings is 1. The molecule has 3 amide bonds. The normalized spacial score (nSPS) is 10.5. The van der Waals surface area contributed by atoms with E-state index in [9.17, 15) is 19.2 Å². The quantitative estimate of drug-likeness (QED) is 0.522. The van der Waals surface area contributed by atoms with Gasteiger partial charge in [-0.15, -0.1) is 11.3 Å². The van der Waals surface area contributed by atoms with Crippen molar-refractivity contribution in [1.29, 1.82) is 0 Å². The molecule has 150 valence electrons. The molecule has 0 fully saturated rings. The number of aryl methyl sites for hydroxylation is 1. The Bertz CT molecular complexity index is 1110. The van der Waals surface area contributed by atoms with E-state index < -0.39 is 11.8 Å². The topological polar surface area (TPSA) is 122 Å². The van der Waals surface area contributed by atoms with Gasteiger partial charge in [-0.05, 0) is 23.9 Å². The summed E-state index contributed by atoms with van der Waals surface area (Å²) >= 11 is 1.26. The average Bonchev–Trinajstić information content (AvgIpc) is 3.27. The minimum atomic E-state index is -0.663. The summed E-state index contributed by atoms with van der Waals surface area (Å²) in [5.41, 5.74) is 4.25. The number of benzene rings is 1. The van der Waals surface area contributed by atoms with Crippen molar-refractivity contribution in [3.8, 4) is 0 Å². The predicted molar refractivity (Wildman–Crippen MR) is 109 cm³/mol. The maximum atomic E-state index is 12.6. The Labute approximate surface area is 169 Å². The molecule has 2 aromatic heterocycles. The molecule has 0 bridgehead atoms. The zero-order valence-corrected chi connectivity index (χ0v) is 16.4. The molecule has 0 saturated carbocycles. The van der Waals surface area contributed by atoms with Crippen molar-refractivity contribution in [2.24, 2.45) is 0 Å². The van der Waals surface area contributed by atoms with Gasteiger partial charge in [-0.1, -0.05) is 31.2 Å². The molecular weight excluding hydrogens is 394 g/mol. The number of carbonyl (C=O) groups excluding carboxylic acids is 3. The summed E-state index contributed by atoms with van der Waals surface area (Å²) in [6.07, 6.45) is 0.674. The van der Waals surface area contributed by atoms with E-state index in [1.165, 1.54) is 16.0 Å². The van der Waals surface area contributed by atoms with Crippen molar-refractivity contribution in [2.75, 3.05) is 6.54 Å². The molecule has 0 spiro atoms. The molecule has 0 atom stereocenters. The van der Waals surface area contributed by atoms with Crippen molar-refractivity contribution in [1.82, 2.24) is 25.9 Å². The van der Waals surface area contributed by atoms with Crippen molar-refractivity contribution in [2.45, 2.75) is 19.9 Å². The van der Waals surface area contributed by atoms with Crippen LogP contribution in [0, 0.1) is 0 Å². The highest BCUT2D eigenvalue weighted by atomic mass is 32.1. The first-order valence-corrected chi connectivity index (χ1v) is 9.80. The zero-order valence-electron chi connectivity index (χ0n) is 15.6. The molecule has 0 aliphatic rings. The molecule has 29 heavy (non-hydrogen) atoms. The van der Waals surface area contributed by atoms with Crippen molar-refractivity contribution in [3.63, 3.8) is 0 Å². The van der Waals surface area contributed by atoms with Gasteiger partial charge in [0.2, 0.25) is 0 Å². The lowest BCUT2D eigenvalue weighted by atomic mass is 10.1. The number of carbonyl (C=O) groups is 3. The van der Waals surface area contributed by atoms with E-state index >= 15 is 0 Å². The van der Waals surface area contributed by atoms with Crippen LogP contribution < -0.4 is 21.7 Å². The van der Waals surface area contributed by atoms with E-state index in [2.05, 4.69) is 21.3 Å². The summed E-state index contributed by atoms with van der Waals surface area (Å²) in [7, 11) is 0. The second-order valence-electron chi connectivity index (χ2n) is 6.08. The second kappa shape index (κ2) is 9.11. The number of nitrogens with one attached hydrogen (secondary N) is 3. The summed E-state index contributed by atoms with van der Waals surface area (Å²) in [6.45, 7) is 1.96. The van der Waals surface area contributed by atoms with E-state index in [-0.39, 0.29) is 23.7 Å². The number of nitrogens with zero attached hydrogens (tertiary/aromatic N) is 2. The molecule has 0 unspecified atom stereocenters. The first kappa shape index (κ1) is 20.2. The number of amides is 3. The lowest BCUT2D eigenvalue weighted by molar-refractivity contribution is -0.120. The van der Waals surface area contributed by atoms with Gasteiger partial charge in [0.1, 0.15) is 0 Å². The third-order valence-corrected chi connectivity index (χ3v) is 4.86. The minimum absolute atomic E-state index is 0.0246. The van der Waals surface area contributed by atoms with Crippen LogP contribution in [0.25, 0.3) is 10.8 Å². The standard InChI is InChI=1S/C19H19N5O4S/c1-2-9-24-19(28)13-7-4-3-6-12(13)16(23-24)18(27)22-21-15(25)11-20-17(26)14-8-5-10-29-14/h3-8,10H,2,9,11H2,1H3,(H,20,26)(H,21,25)(H,22,27). The number of fused-ring (bicyclic) bond motifs is 1. The summed E-state index contributed by atoms with van der Waals surface area (Å²) in [5, 5.41) is 9.12. The number of aromatic nitrogens is 2. The van der Waals surface area contributed by atoms with Gasteiger partial charge in [0, 0.05) is 11.9 Å². The molecule has 0 radical (unpaired) electrons. The molecule has 1 aromatic carbocycles. The summed E-state index contributed by atoms with van der Waals surface area (Å²) in [6, 6.07) is 10.0. The molecule has 0 aliphatic heterocycles. The van der Waals surface area contributed by atoms with Crippen LogP contribution in [0.2, 0.25) is 0 Å². The Kier molecular flexibility index (Phi) is 6.35. The number of hydrogen-bond acceptors (Lipinski definition) is 6. The van der Waals surface area contributed by atoms with Crippen LogP contribution in [-0.4, -0.2) is 34.0 Å². The largest absolute Gasteiger partial charge is 0.342 e. The smallest absolute Gasteiger partial charge is 0.290 e. The SMILES string of the molecule is CCCn1nc(C(=O)NNC(=O)CNC(=O)c2cccs2)c2ccccc2c1=O. The monoisotopic (exact) mass is 413 g/mol. The van der Waals surface area contributed by atoms with Crippen LogP contribution in [0.3, 0.4) is 0 Å². The summed E-state index contributed by atoms with van der Waals surface area (Å²) < 4.78 is 1.24. The number of hydrogen-bond donors (Lipinski definition) is 3. The van der Waals surface area contributed by atoms with Gasteiger partial charge in [0.05, 0.1) is 16.8 Å². The minimum Gasteiger partial charge on any atom is -0.342 e. The van der Waals surface area contributed by atoms with E-state index in [0.717, 1.165) is 0 Å². The molecule has 10 heteroatoms. The lowest BCUT2D eigenvalue weighted by Gasteiger charge is -2.11. The lowest BCUT2D eigenvalue weighted by Crippen LogP contribution is -2.47. The second-order valence-corrected chi connectivity index (χ2v) is 7.03. The summed E-state index contributed by atoms with van der Waals surface area (Å²) in [4.78, 5) is 49.3. The first-order valence-electron chi connectivity index (χ1n) is 8.92. The van der Waals surface area contributed by atoms with E-state index in [1.54, 1.807) is 41.8 Å².